The Hall–Kier alpha value is -1.20. The molecule has 104 valence electrons. The Kier molecular flexibility index (Phi) is 6.73. The van der Waals surface area contributed by atoms with Gasteiger partial charge in [-0.3, -0.25) is 9.59 Å². The van der Waals surface area contributed by atoms with Gasteiger partial charge in [-0.2, -0.15) is 0 Å². The molecule has 1 aromatic rings. The second-order valence-corrected chi connectivity index (χ2v) is 5.80. The summed E-state index contributed by atoms with van der Waals surface area (Å²) < 4.78 is 0. The molecule has 0 bridgehead atoms. The fourth-order valence-corrected chi connectivity index (χ4v) is 2.47. The minimum atomic E-state index is -0.414. The number of amides is 2. The zero-order valence-electron chi connectivity index (χ0n) is 10.7. The summed E-state index contributed by atoms with van der Waals surface area (Å²) >= 11 is 7.37. The molecule has 2 amide bonds. The van der Waals surface area contributed by atoms with Gasteiger partial charge in [-0.25, -0.2) is 0 Å². The quantitative estimate of drug-likeness (QED) is 0.758. The SMILES string of the molecule is C[C@H](CC(N)=O)NC(=O)CCSc1ccc(Cl)cc1. The van der Waals surface area contributed by atoms with Crippen LogP contribution in [0.15, 0.2) is 29.2 Å². The maximum absolute atomic E-state index is 11.6. The highest BCUT2D eigenvalue weighted by Crippen LogP contribution is 2.20. The van der Waals surface area contributed by atoms with Crippen molar-refractivity contribution in [2.45, 2.75) is 30.7 Å². The van der Waals surface area contributed by atoms with Crippen LogP contribution in [-0.2, 0) is 9.59 Å². The number of benzene rings is 1. The predicted molar refractivity (Wildman–Crippen MR) is 78.2 cm³/mol. The van der Waals surface area contributed by atoms with E-state index >= 15 is 0 Å². The number of hydrogen-bond acceptors (Lipinski definition) is 3. The van der Waals surface area contributed by atoms with Crippen molar-refractivity contribution < 1.29 is 9.59 Å². The lowest BCUT2D eigenvalue weighted by Crippen LogP contribution is -2.35. The highest BCUT2D eigenvalue weighted by Gasteiger charge is 2.09. The molecule has 0 aliphatic carbocycles. The fraction of sp³-hybridized carbons (Fsp3) is 0.385. The molecule has 0 aromatic heterocycles. The summed E-state index contributed by atoms with van der Waals surface area (Å²) in [5.41, 5.74) is 5.05. The van der Waals surface area contributed by atoms with Gasteiger partial charge in [-0.15, -0.1) is 11.8 Å². The molecule has 4 nitrogen and oxygen atoms in total. The van der Waals surface area contributed by atoms with Crippen LogP contribution in [-0.4, -0.2) is 23.6 Å². The van der Waals surface area contributed by atoms with Crippen LogP contribution in [0.5, 0.6) is 0 Å². The van der Waals surface area contributed by atoms with Crippen LogP contribution < -0.4 is 11.1 Å². The smallest absolute Gasteiger partial charge is 0.221 e. The van der Waals surface area contributed by atoms with E-state index in [1.807, 2.05) is 24.3 Å². The average Bonchev–Trinajstić information content (AvgIpc) is 2.30. The van der Waals surface area contributed by atoms with Crippen LogP contribution in [0.3, 0.4) is 0 Å². The first-order valence-electron chi connectivity index (χ1n) is 5.93. The van der Waals surface area contributed by atoms with E-state index < -0.39 is 5.91 Å². The number of hydrogen-bond donors (Lipinski definition) is 2. The first-order valence-corrected chi connectivity index (χ1v) is 7.30. The number of carbonyl (C=O) groups is 2. The molecule has 0 heterocycles. The molecule has 0 aliphatic heterocycles. The summed E-state index contributed by atoms with van der Waals surface area (Å²) in [7, 11) is 0. The summed E-state index contributed by atoms with van der Waals surface area (Å²) in [6, 6.07) is 7.25. The standard InChI is InChI=1S/C13H17ClN2O2S/c1-9(8-12(15)17)16-13(18)6-7-19-11-4-2-10(14)3-5-11/h2-5,9H,6-8H2,1H3,(H2,15,17)(H,16,18)/t9-/m1/s1. The molecule has 0 saturated carbocycles. The summed E-state index contributed by atoms with van der Waals surface area (Å²) in [6.07, 6.45) is 0.562. The molecular formula is C13H17ClN2O2S. The Morgan fingerprint density at radius 3 is 2.58 bits per heavy atom. The van der Waals surface area contributed by atoms with E-state index in [0.717, 1.165) is 4.90 Å². The van der Waals surface area contributed by atoms with E-state index in [2.05, 4.69) is 5.32 Å². The topological polar surface area (TPSA) is 72.2 Å². The zero-order chi connectivity index (χ0) is 14.3. The summed E-state index contributed by atoms with van der Waals surface area (Å²) in [4.78, 5) is 23.3. The van der Waals surface area contributed by atoms with E-state index in [-0.39, 0.29) is 18.4 Å². The normalized spacial score (nSPS) is 11.9. The van der Waals surface area contributed by atoms with Gasteiger partial charge in [0.25, 0.3) is 0 Å². The van der Waals surface area contributed by atoms with E-state index in [1.54, 1.807) is 18.7 Å². The lowest BCUT2D eigenvalue weighted by atomic mass is 10.2. The molecule has 0 radical (unpaired) electrons. The highest BCUT2D eigenvalue weighted by atomic mass is 35.5. The molecule has 0 aliphatic rings. The number of nitrogens with one attached hydrogen (secondary N) is 1. The van der Waals surface area contributed by atoms with Gasteiger partial charge in [-0.05, 0) is 31.2 Å². The Morgan fingerprint density at radius 1 is 1.37 bits per heavy atom. The highest BCUT2D eigenvalue weighted by molar-refractivity contribution is 7.99. The monoisotopic (exact) mass is 300 g/mol. The molecule has 0 unspecified atom stereocenters. The van der Waals surface area contributed by atoms with Crippen LogP contribution in [0.4, 0.5) is 0 Å². The number of primary amides is 1. The van der Waals surface area contributed by atoms with Crippen LogP contribution >= 0.6 is 23.4 Å². The van der Waals surface area contributed by atoms with Gasteiger partial charge >= 0.3 is 0 Å². The van der Waals surface area contributed by atoms with Crippen molar-refractivity contribution >= 4 is 35.2 Å². The molecule has 3 N–H and O–H groups in total. The van der Waals surface area contributed by atoms with Crippen molar-refractivity contribution in [3.05, 3.63) is 29.3 Å². The first kappa shape index (κ1) is 15.9. The van der Waals surface area contributed by atoms with Crippen LogP contribution in [0.25, 0.3) is 0 Å². The Balaban J connectivity index is 2.23. The summed E-state index contributed by atoms with van der Waals surface area (Å²) in [5, 5.41) is 3.43. The lowest BCUT2D eigenvalue weighted by molar-refractivity contribution is -0.122. The molecular weight excluding hydrogens is 284 g/mol. The van der Waals surface area contributed by atoms with Gasteiger partial charge in [0.15, 0.2) is 0 Å². The van der Waals surface area contributed by atoms with Crippen molar-refractivity contribution in [2.75, 3.05) is 5.75 Å². The fourth-order valence-electron chi connectivity index (χ4n) is 1.49. The Labute approximate surface area is 122 Å². The predicted octanol–water partition coefficient (Wildman–Crippen LogP) is 2.20. The van der Waals surface area contributed by atoms with Gasteiger partial charge in [0.05, 0.1) is 0 Å². The number of nitrogens with two attached hydrogens (primary N) is 1. The number of halogens is 1. The zero-order valence-corrected chi connectivity index (χ0v) is 12.3. The van der Waals surface area contributed by atoms with Crippen molar-refractivity contribution in [2.24, 2.45) is 5.73 Å². The minimum Gasteiger partial charge on any atom is -0.370 e. The molecule has 1 aromatic carbocycles. The van der Waals surface area contributed by atoms with Gasteiger partial charge in [0.1, 0.15) is 0 Å². The molecule has 19 heavy (non-hydrogen) atoms. The second kappa shape index (κ2) is 8.07. The molecule has 6 heteroatoms. The maximum atomic E-state index is 11.6. The number of rotatable bonds is 7. The van der Waals surface area contributed by atoms with E-state index in [9.17, 15) is 9.59 Å². The average molecular weight is 301 g/mol. The molecule has 0 saturated heterocycles. The van der Waals surface area contributed by atoms with Crippen LogP contribution in [0.2, 0.25) is 5.02 Å². The Morgan fingerprint density at radius 2 is 2.00 bits per heavy atom. The third kappa shape index (κ3) is 7.08. The molecule has 0 fully saturated rings. The van der Waals surface area contributed by atoms with E-state index in [4.69, 9.17) is 17.3 Å². The van der Waals surface area contributed by atoms with Gasteiger partial charge in [0, 0.05) is 34.6 Å². The van der Waals surface area contributed by atoms with E-state index in [0.29, 0.717) is 17.2 Å². The van der Waals surface area contributed by atoms with Crippen LogP contribution in [0.1, 0.15) is 19.8 Å². The largest absolute Gasteiger partial charge is 0.370 e. The van der Waals surface area contributed by atoms with Crippen molar-refractivity contribution in [3.8, 4) is 0 Å². The maximum Gasteiger partial charge on any atom is 0.221 e. The Bertz CT molecular complexity index is 437. The number of carbonyl (C=O) groups excluding carboxylic acids is 2. The summed E-state index contributed by atoms with van der Waals surface area (Å²) in [5.74, 6) is 0.190. The van der Waals surface area contributed by atoms with Crippen molar-refractivity contribution in [3.63, 3.8) is 0 Å². The van der Waals surface area contributed by atoms with Crippen molar-refractivity contribution in [1.29, 1.82) is 0 Å². The molecule has 1 atom stereocenters. The van der Waals surface area contributed by atoms with E-state index in [1.165, 1.54) is 0 Å². The van der Waals surface area contributed by atoms with Gasteiger partial charge in [-0.1, -0.05) is 11.6 Å². The summed E-state index contributed by atoms with van der Waals surface area (Å²) in [6.45, 7) is 1.76. The first-order chi connectivity index (χ1) is 8.97. The second-order valence-electron chi connectivity index (χ2n) is 4.19. The third-order valence-corrected chi connectivity index (χ3v) is 3.59. The van der Waals surface area contributed by atoms with Crippen LogP contribution in [0, 0.1) is 0 Å². The van der Waals surface area contributed by atoms with Crippen molar-refractivity contribution in [1.82, 2.24) is 5.32 Å². The van der Waals surface area contributed by atoms with Gasteiger partial charge < -0.3 is 11.1 Å². The minimum absolute atomic E-state index is 0.0739. The van der Waals surface area contributed by atoms with Gasteiger partial charge in [0.2, 0.25) is 11.8 Å². The molecule has 1 rings (SSSR count). The molecule has 0 spiro atoms. The number of thioether (sulfide) groups is 1. The lowest BCUT2D eigenvalue weighted by Gasteiger charge is -2.11. The third-order valence-electron chi connectivity index (χ3n) is 2.33.